The van der Waals surface area contributed by atoms with E-state index in [-0.39, 0.29) is 11.4 Å². The predicted octanol–water partition coefficient (Wildman–Crippen LogP) is 1.30. The molecule has 0 amide bonds. The van der Waals surface area contributed by atoms with E-state index >= 15 is 0 Å². The first kappa shape index (κ1) is 13.1. The third kappa shape index (κ3) is 4.62. The van der Waals surface area contributed by atoms with Gasteiger partial charge < -0.3 is 10.1 Å². The summed E-state index contributed by atoms with van der Waals surface area (Å²) in [5.41, 5.74) is 0. The second-order valence-electron chi connectivity index (χ2n) is 4.42. The Kier molecular flexibility index (Phi) is 5.79. The summed E-state index contributed by atoms with van der Waals surface area (Å²) in [5.74, 6) is 0.720. The molecule has 0 aromatic carbocycles. The summed E-state index contributed by atoms with van der Waals surface area (Å²) >= 11 is 0. The summed E-state index contributed by atoms with van der Waals surface area (Å²) in [7, 11) is 1.20. The Morgan fingerprint density at radius 1 is 1.53 bits per heavy atom. The molecule has 15 heavy (non-hydrogen) atoms. The molecule has 1 saturated heterocycles. The maximum absolute atomic E-state index is 12.0. The van der Waals surface area contributed by atoms with E-state index in [4.69, 9.17) is 4.74 Å². The number of hydrogen-bond donors (Lipinski definition) is 1. The fourth-order valence-electron chi connectivity index (χ4n) is 1.85. The molecule has 0 bridgehead atoms. The minimum Gasteiger partial charge on any atom is -0.377 e. The third-order valence-corrected chi connectivity index (χ3v) is 4.79. The van der Waals surface area contributed by atoms with Crippen LogP contribution in [0.15, 0.2) is 0 Å². The molecule has 4 heteroatoms. The van der Waals surface area contributed by atoms with Crippen molar-refractivity contribution in [1.82, 2.24) is 5.32 Å². The average Bonchev–Trinajstić information content (AvgIpc) is 2.70. The van der Waals surface area contributed by atoms with Crippen molar-refractivity contribution in [2.24, 2.45) is 0 Å². The molecule has 1 rings (SSSR count). The number of rotatable bonds is 6. The van der Waals surface area contributed by atoms with Gasteiger partial charge in [0, 0.05) is 28.7 Å². The summed E-state index contributed by atoms with van der Waals surface area (Å²) in [6, 6.07) is 0.438. The fraction of sp³-hybridized carbons (Fsp3) is 1.00. The van der Waals surface area contributed by atoms with Crippen LogP contribution in [0.5, 0.6) is 0 Å². The van der Waals surface area contributed by atoms with Crippen LogP contribution in [0.25, 0.3) is 0 Å². The predicted molar refractivity (Wildman–Crippen MR) is 64.6 cm³/mol. The molecule has 90 valence electrons. The second kappa shape index (κ2) is 6.61. The van der Waals surface area contributed by atoms with Crippen molar-refractivity contribution in [3.05, 3.63) is 0 Å². The smallest absolute Gasteiger partial charge is 0.0691 e. The molecule has 1 aliphatic rings. The van der Waals surface area contributed by atoms with Crippen molar-refractivity contribution in [1.29, 1.82) is 0 Å². The van der Waals surface area contributed by atoms with Crippen molar-refractivity contribution in [2.45, 2.75) is 50.5 Å². The Hall–Kier alpha value is 0.0700. The van der Waals surface area contributed by atoms with Gasteiger partial charge in [-0.25, -0.2) is 0 Å². The van der Waals surface area contributed by atoms with E-state index in [2.05, 4.69) is 19.2 Å². The lowest BCUT2D eigenvalue weighted by atomic mass is 10.2. The van der Waals surface area contributed by atoms with Crippen molar-refractivity contribution in [3.63, 3.8) is 0 Å². The zero-order valence-corrected chi connectivity index (χ0v) is 10.8. The minimum atomic E-state index is -0.742. The summed E-state index contributed by atoms with van der Waals surface area (Å²) in [6.07, 6.45) is 3.43. The third-order valence-electron chi connectivity index (χ3n) is 3.00. The van der Waals surface area contributed by atoms with Gasteiger partial charge >= 0.3 is 0 Å². The molecule has 1 fully saturated rings. The lowest BCUT2D eigenvalue weighted by molar-refractivity contribution is 0.128. The van der Waals surface area contributed by atoms with E-state index in [0.717, 1.165) is 31.6 Å². The highest BCUT2D eigenvalue weighted by Gasteiger charge is 2.22. The normalized spacial score (nSPS) is 27.5. The summed E-state index contributed by atoms with van der Waals surface area (Å²) < 4.78 is 17.5. The molecule has 3 nitrogen and oxygen atoms in total. The van der Waals surface area contributed by atoms with Gasteiger partial charge in [0.25, 0.3) is 0 Å². The average molecular weight is 233 g/mol. The number of hydrogen-bond acceptors (Lipinski definition) is 3. The summed E-state index contributed by atoms with van der Waals surface area (Å²) in [6.45, 7) is 5.04. The standard InChI is InChI=1S/C11H23NO2S/c1-9(12-3)7-10(2)15(13)8-11-5-4-6-14-11/h9-12H,4-8H2,1-3H3. The number of ether oxygens (including phenoxy) is 1. The van der Waals surface area contributed by atoms with Crippen molar-refractivity contribution in [2.75, 3.05) is 19.4 Å². The molecule has 4 atom stereocenters. The maximum Gasteiger partial charge on any atom is 0.0691 e. The van der Waals surface area contributed by atoms with E-state index in [1.807, 2.05) is 7.05 Å². The SMILES string of the molecule is CNC(C)CC(C)S(=O)CC1CCCO1. The first-order valence-electron chi connectivity index (χ1n) is 5.79. The Morgan fingerprint density at radius 3 is 2.80 bits per heavy atom. The maximum atomic E-state index is 12.0. The van der Waals surface area contributed by atoms with Gasteiger partial charge in [-0.15, -0.1) is 0 Å². The van der Waals surface area contributed by atoms with Crippen molar-refractivity contribution in [3.8, 4) is 0 Å². The van der Waals surface area contributed by atoms with E-state index in [1.54, 1.807) is 0 Å². The molecule has 1 aliphatic heterocycles. The van der Waals surface area contributed by atoms with Crippen molar-refractivity contribution >= 4 is 10.8 Å². The molecular formula is C11H23NO2S. The molecule has 0 saturated carbocycles. The first-order valence-corrected chi connectivity index (χ1v) is 7.17. The highest BCUT2D eigenvalue weighted by molar-refractivity contribution is 7.85. The van der Waals surface area contributed by atoms with Gasteiger partial charge in [-0.2, -0.15) is 0 Å². The van der Waals surface area contributed by atoms with Gasteiger partial charge in [0.1, 0.15) is 0 Å². The van der Waals surface area contributed by atoms with Crippen LogP contribution in [0.1, 0.15) is 33.1 Å². The van der Waals surface area contributed by atoms with Gasteiger partial charge in [-0.1, -0.05) is 6.92 Å². The molecule has 0 aliphatic carbocycles. The lowest BCUT2D eigenvalue weighted by Gasteiger charge is -2.18. The van der Waals surface area contributed by atoms with Crippen molar-refractivity contribution < 1.29 is 8.95 Å². The zero-order chi connectivity index (χ0) is 11.3. The van der Waals surface area contributed by atoms with Crippen LogP contribution in [0.4, 0.5) is 0 Å². The van der Waals surface area contributed by atoms with Crippen LogP contribution >= 0.6 is 0 Å². The molecule has 4 unspecified atom stereocenters. The Bertz CT molecular complexity index is 205. The van der Waals surface area contributed by atoms with Crippen LogP contribution in [-0.4, -0.2) is 41.0 Å². The number of nitrogens with one attached hydrogen (secondary N) is 1. The van der Waals surface area contributed by atoms with Gasteiger partial charge in [0.05, 0.1) is 11.9 Å². The topological polar surface area (TPSA) is 38.3 Å². The van der Waals surface area contributed by atoms with Gasteiger partial charge in [0.2, 0.25) is 0 Å². The van der Waals surface area contributed by atoms with E-state index < -0.39 is 10.8 Å². The summed E-state index contributed by atoms with van der Waals surface area (Å²) in [5, 5.41) is 3.44. The van der Waals surface area contributed by atoms with Crippen LogP contribution in [0.3, 0.4) is 0 Å². The fourth-order valence-corrected chi connectivity index (χ4v) is 3.31. The lowest BCUT2D eigenvalue weighted by Crippen LogP contribution is -2.30. The monoisotopic (exact) mass is 233 g/mol. The molecule has 0 aromatic heterocycles. The molecule has 1 heterocycles. The quantitative estimate of drug-likeness (QED) is 0.751. The zero-order valence-electron chi connectivity index (χ0n) is 9.99. The highest BCUT2D eigenvalue weighted by atomic mass is 32.2. The second-order valence-corrected chi connectivity index (χ2v) is 6.32. The van der Waals surface area contributed by atoms with Gasteiger partial charge in [0.15, 0.2) is 0 Å². The van der Waals surface area contributed by atoms with Gasteiger partial charge in [-0.05, 0) is 33.2 Å². The molecule has 1 N–H and O–H groups in total. The van der Waals surface area contributed by atoms with Crippen LogP contribution in [0.2, 0.25) is 0 Å². The first-order chi connectivity index (χ1) is 7.13. The highest BCUT2D eigenvalue weighted by Crippen LogP contribution is 2.15. The summed E-state index contributed by atoms with van der Waals surface area (Å²) in [4.78, 5) is 0. The van der Waals surface area contributed by atoms with Gasteiger partial charge in [-0.3, -0.25) is 4.21 Å². The molecule has 0 radical (unpaired) electrons. The molecular weight excluding hydrogens is 210 g/mol. The molecule has 0 spiro atoms. The van der Waals surface area contributed by atoms with Crippen LogP contribution in [0, 0.1) is 0 Å². The van der Waals surface area contributed by atoms with E-state index in [9.17, 15) is 4.21 Å². The minimum absolute atomic E-state index is 0.248. The Balaban J connectivity index is 2.25. The Labute approximate surface area is 95.4 Å². The Morgan fingerprint density at radius 2 is 2.27 bits per heavy atom. The van der Waals surface area contributed by atoms with E-state index in [0.29, 0.717) is 6.04 Å². The van der Waals surface area contributed by atoms with E-state index in [1.165, 1.54) is 0 Å². The van der Waals surface area contributed by atoms with Crippen LogP contribution in [-0.2, 0) is 15.5 Å². The largest absolute Gasteiger partial charge is 0.377 e. The van der Waals surface area contributed by atoms with Crippen LogP contribution < -0.4 is 5.32 Å². The molecule has 0 aromatic rings.